The highest BCUT2D eigenvalue weighted by atomic mass is 16.6. The van der Waals surface area contributed by atoms with Crippen molar-refractivity contribution in [2.45, 2.75) is 194 Å². The maximum absolute atomic E-state index is 11.9. The number of aliphatic hydroxyl groups is 1. The van der Waals surface area contributed by atoms with Gasteiger partial charge in [-0.2, -0.15) is 0 Å². The molecular formula is C35H68O5. The summed E-state index contributed by atoms with van der Waals surface area (Å²) in [7, 11) is 0. The van der Waals surface area contributed by atoms with Gasteiger partial charge in [0.25, 0.3) is 0 Å². The average Bonchev–Trinajstić information content (AvgIpc) is 2.95. The van der Waals surface area contributed by atoms with Gasteiger partial charge in [-0.15, -0.1) is 0 Å². The van der Waals surface area contributed by atoms with Crippen LogP contribution >= 0.6 is 0 Å². The second-order valence-corrected chi connectivity index (χ2v) is 12.2. The van der Waals surface area contributed by atoms with Crippen LogP contribution in [0.4, 0.5) is 0 Å². The van der Waals surface area contributed by atoms with Crippen molar-refractivity contribution in [3.8, 4) is 0 Å². The highest BCUT2D eigenvalue weighted by molar-refractivity contribution is 5.69. The fourth-order valence-corrected chi connectivity index (χ4v) is 5.06. The minimum Gasteiger partial charge on any atom is -0.463 e. The maximum Gasteiger partial charge on any atom is 0.305 e. The molecule has 2 atom stereocenters. The van der Waals surface area contributed by atoms with E-state index in [1.807, 2.05) is 0 Å². The van der Waals surface area contributed by atoms with Crippen LogP contribution in [0.5, 0.6) is 0 Å². The molecule has 0 radical (unpaired) electrons. The van der Waals surface area contributed by atoms with Gasteiger partial charge in [0.05, 0.1) is 0 Å². The summed E-state index contributed by atoms with van der Waals surface area (Å²) in [4.78, 5) is 23.8. The molecule has 40 heavy (non-hydrogen) atoms. The molecule has 0 aliphatic heterocycles. The van der Waals surface area contributed by atoms with Gasteiger partial charge in [-0.05, 0) is 18.8 Å². The van der Waals surface area contributed by atoms with Crippen LogP contribution in [0.2, 0.25) is 0 Å². The van der Waals surface area contributed by atoms with Crippen molar-refractivity contribution in [2.75, 3.05) is 13.2 Å². The van der Waals surface area contributed by atoms with Crippen molar-refractivity contribution in [1.29, 1.82) is 0 Å². The van der Waals surface area contributed by atoms with Crippen LogP contribution in [0.15, 0.2) is 0 Å². The molecule has 5 heteroatoms. The van der Waals surface area contributed by atoms with Gasteiger partial charge in [0.15, 0.2) is 0 Å². The van der Waals surface area contributed by atoms with Crippen molar-refractivity contribution in [1.82, 2.24) is 0 Å². The Labute approximate surface area is 248 Å². The third-order valence-corrected chi connectivity index (χ3v) is 8.13. The quantitative estimate of drug-likeness (QED) is 0.0665. The normalized spacial score (nSPS) is 12.8. The minimum absolute atomic E-state index is 0.109. The van der Waals surface area contributed by atoms with E-state index < -0.39 is 6.10 Å². The predicted octanol–water partition coefficient (Wildman–Crippen LogP) is 10.3. The number of ether oxygens (including phenoxy) is 2. The second kappa shape index (κ2) is 30.8. The molecule has 1 N–H and O–H groups in total. The van der Waals surface area contributed by atoms with Crippen molar-refractivity contribution in [3.63, 3.8) is 0 Å². The Balaban J connectivity index is 3.41. The van der Waals surface area contributed by atoms with E-state index in [9.17, 15) is 14.7 Å². The SMILES string of the molecule is CCCCCCCCCCCCCCCCC(=O)OC[C@@H](O)COC(=O)CCCCCCCCCCC(C)CC. The van der Waals surface area contributed by atoms with Crippen LogP contribution in [0.25, 0.3) is 0 Å². The Kier molecular flexibility index (Phi) is 30.0. The van der Waals surface area contributed by atoms with Crippen molar-refractivity contribution in [2.24, 2.45) is 5.92 Å². The fourth-order valence-electron chi connectivity index (χ4n) is 5.06. The van der Waals surface area contributed by atoms with E-state index in [4.69, 9.17) is 9.47 Å². The first-order chi connectivity index (χ1) is 19.5. The highest BCUT2D eigenvalue weighted by Crippen LogP contribution is 2.16. The molecule has 0 aromatic carbocycles. The summed E-state index contributed by atoms with van der Waals surface area (Å²) in [5.74, 6) is 0.303. The van der Waals surface area contributed by atoms with Crippen LogP contribution in [0.1, 0.15) is 188 Å². The van der Waals surface area contributed by atoms with Gasteiger partial charge in [-0.3, -0.25) is 9.59 Å². The first-order valence-corrected chi connectivity index (χ1v) is 17.5. The van der Waals surface area contributed by atoms with Crippen LogP contribution in [-0.2, 0) is 19.1 Å². The van der Waals surface area contributed by atoms with Crippen LogP contribution < -0.4 is 0 Å². The van der Waals surface area contributed by atoms with E-state index in [-0.39, 0.29) is 25.2 Å². The number of aliphatic hydroxyl groups excluding tert-OH is 1. The third-order valence-electron chi connectivity index (χ3n) is 8.13. The summed E-state index contributed by atoms with van der Waals surface area (Å²) in [6.07, 6.45) is 30.0. The molecule has 0 aliphatic rings. The Bertz CT molecular complexity index is 550. The van der Waals surface area contributed by atoms with E-state index in [1.54, 1.807) is 0 Å². The molecule has 0 aromatic rings. The molecule has 0 heterocycles. The minimum atomic E-state index is -0.954. The zero-order valence-electron chi connectivity index (χ0n) is 27.0. The lowest BCUT2D eigenvalue weighted by Crippen LogP contribution is -2.25. The molecule has 238 valence electrons. The van der Waals surface area contributed by atoms with E-state index in [0.29, 0.717) is 12.8 Å². The van der Waals surface area contributed by atoms with Gasteiger partial charge in [0, 0.05) is 12.8 Å². The Hall–Kier alpha value is -1.10. The Morgan fingerprint density at radius 2 is 0.850 bits per heavy atom. The monoisotopic (exact) mass is 569 g/mol. The van der Waals surface area contributed by atoms with Gasteiger partial charge in [-0.25, -0.2) is 0 Å². The number of rotatable bonds is 31. The van der Waals surface area contributed by atoms with Crippen LogP contribution in [0, 0.1) is 5.92 Å². The summed E-state index contributed by atoms with van der Waals surface area (Å²) in [6.45, 7) is 6.65. The molecule has 1 unspecified atom stereocenters. The van der Waals surface area contributed by atoms with E-state index in [1.165, 1.54) is 122 Å². The maximum atomic E-state index is 11.9. The van der Waals surface area contributed by atoms with Crippen molar-refractivity contribution < 1.29 is 24.2 Å². The topological polar surface area (TPSA) is 72.8 Å². The average molecular weight is 569 g/mol. The summed E-state index contributed by atoms with van der Waals surface area (Å²) in [6, 6.07) is 0. The number of hydrogen-bond acceptors (Lipinski definition) is 5. The second-order valence-electron chi connectivity index (χ2n) is 12.2. The Morgan fingerprint density at radius 1 is 0.525 bits per heavy atom. The fraction of sp³-hybridized carbons (Fsp3) is 0.943. The number of carbonyl (C=O) groups is 2. The first kappa shape index (κ1) is 38.9. The number of carbonyl (C=O) groups excluding carboxylic acids is 2. The lowest BCUT2D eigenvalue weighted by molar-refractivity contribution is -0.152. The molecule has 0 saturated carbocycles. The lowest BCUT2D eigenvalue weighted by atomic mass is 9.99. The van der Waals surface area contributed by atoms with Crippen LogP contribution in [0.3, 0.4) is 0 Å². The molecule has 0 amide bonds. The molecular weight excluding hydrogens is 500 g/mol. The first-order valence-electron chi connectivity index (χ1n) is 17.5. The smallest absolute Gasteiger partial charge is 0.305 e. The summed E-state index contributed by atoms with van der Waals surface area (Å²) >= 11 is 0. The van der Waals surface area contributed by atoms with Gasteiger partial charge in [0.1, 0.15) is 19.3 Å². The van der Waals surface area contributed by atoms with Crippen molar-refractivity contribution in [3.05, 3.63) is 0 Å². The van der Waals surface area contributed by atoms with Crippen LogP contribution in [-0.4, -0.2) is 36.4 Å². The highest BCUT2D eigenvalue weighted by Gasteiger charge is 2.12. The summed E-state index contributed by atoms with van der Waals surface area (Å²) in [5.41, 5.74) is 0. The van der Waals surface area contributed by atoms with E-state index >= 15 is 0 Å². The molecule has 0 aliphatic carbocycles. The number of unbranched alkanes of at least 4 members (excludes halogenated alkanes) is 20. The molecule has 0 bridgehead atoms. The largest absolute Gasteiger partial charge is 0.463 e. The number of esters is 2. The standard InChI is InChI=1S/C35H68O5/c1-4-6-7-8-9-10-11-12-13-14-15-19-22-25-28-34(37)39-30-33(36)31-40-35(38)29-26-23-20-17-16-18-21-24-27-32(3)5-2/h32-33,36H,4-31H2,1-3H3/t32?,33-/m1/s1. The van der Waals surface area contributed by atoms with Gasteiger partial charge in [0.2, 0.25) is 0 Å². The third kappa shape index (κ3) is 29.9. The predicted molar refractivity (Wildman–Crippen MR) is 168 cm³/mol. The van der Waals surface area contributed by atoms with Gasteiger partial charge >= 0.3 is 11.9 Å². The number of hydrogen-bond donors (Lipinski definition) is 1. The van der Waals surface area contributed by atoms with E-state index in [0.717, 1.165) is 38.0 Å². The summed E-state index contributed by atoms with van der Waals surface area (Å²) in [5, 5.41) is 9.96. The van der Waals surface area contributed by atoms with E-state index in [2.05, 4.69) is 20.8 Å². The zero-order valence-corrected chi connectivity index (χ0v) is 27.0. The summed E-state index contributed by atoms with van der Waals surface area (Å²) < 4.78 is 10.3. The molecule has 0 fully saturated rings. The Morgan fingerprint density at radius 3 is 1.20 bits per heavy atom. The molecule has 5 nitrogen and oxygen atoms in total. The zero-order chi connectivity index (χ0) is 29.5. The molecule has 0 aromatic heterocycles. The molecule has 0 spiro atoms. The van der Waals surface area contributed by atoms with Gasteiger partial charge < -0.3 is 14.6 Å². The van der Waals surface area contributed by atoms with Gasteiger partial charge in [-0.1, -0.05) is 162 Å². The molecule has 0 rings (SSSR count). The van der Waals surface area contributed by atoms with Crippen molar-refractivity contribution >= 4 is 11.9 Å². The molecule has 0 saturated heterocycles. The lowest BCUT2D eigenvalue weighted by Gasteiger charge is -2.12.